The van der Waals surface area contributed by atoms with Crippen LogP contribution in [0.4, 0.5) is 11.4 Å². The van der Waals surface area contributed by atoms with Crippen molar-refractivity contribution in [1.29, 1.82) is 0 Å². The number of hydrazone groups is 1. The molecule has 0 radical (unpaired) electrons. The summed E-state index contributed by atoms with van der Waals surface area (Å²) in [6, 6.07) is 7.88. The Bertz CT molecular complexity index is 1330. The standard InChI is InChI=1S/C24H25ClN4O5/c1-13-11-24(2,3)28(4)19-10-18(25)15(7-17(13)19)12-26-27-23(30)21-8-14-6-16(29(31)32)9-20(33-5)22(14)34-21/h6-10,12-13H,11H2,1-5H3,(H,27,30)/b26-12-. The second-order valence-corrected chi connectivity index (χ2v) is 9.45. The number of nitro groups is 1. The van der Waals surface area contributed by atoms with Crippen molar-refractivity contribution in [2.75, 3.05) is 19.1 Å². The zero-order chi connectivity index (χ0) is 24.8. The Labute approximate surface area is 201 Å². The van der Waals surface area contributed by atoms with Gasteiger partial charge in [0.1, 0.15) is 0 Å². The van der Waals surface area contributed by atoms with Gasteiger partial charge in [-0.2, -0.15) is 5.10 Å². The average molecular weight is 485 g/mol. The monoisotopic (exact) mass is 484 g/mol. The molecule has 1 aliphatic heterocycles. The van der Waals surface area contributed by atoms with Crippen molar-refractivity contribution in [3.05, 3.63) is 62.4 Å². The number of benzene rings is 2. The van der Waals surface area contributed by atoms with Gasteiger partial charge in [0.05, 0.1) is 29.3 Å². The molecule has 4 rings (SSSR count). The van der Waals surface area contributed by atoms with Gasteiger partial charge in [-0.3, -0.25) is 14.9 Å². The van der Waals surface area contributed by atoms with E-state index in [1.54, 1.807) is 0 Å². The molecule has 0 fully saturated rings. The number of nitro benzene ring substituents is 1. The van der Waals surface area contributed by atoms with Gasteiger partial charge in [-0.15, -0.1) is 0 Å². The van der Waals surface area contributed by atoms with Gasteiger partial charge in [0.2, 0.25) is 0 Å². The van der Waals surface area contributed by atoms with Gasteiger partial charge in [0, 0.05) is 35.3 Å². The zero-order valence-electron chi connectivity index (χ0n) is 19.5. The number of halogens is 1. The predicted molar refractivity (Wildman–Crippen MR) is 131 cm³/mol. The smallest absolute Gasteiger partial charge is 0.307 e. The summed E-state index contributed by atoms with van der Waals surface area (Å²) in [7, 11) is 3.43. The highest BCUT2D eigenvalue weighted by Crippen LogP contribution is 2.44. The van der Waals surface area contributed by atoms with E-state index in [1.165, 1.54) is 37.1 Å². The minimum Gasteiger partial charge on any atom is -0.493 e. The molecule has 1 amide bonds. The highest BCUT2D eigenvalue weighted by atomic mass is 35.5. The van der Waals surface area contributed by atoms with Crippen molar-refractivity contribution in [2.24, 2.45) is 5.10 Å². The van der Waals surface area contributed by atoms with Gasteiger partial charge in [-0.1, -0.05) is 18.5 Å². The number of hydrogen-bond acceptors (Lipinski definition) is 7. The van der Waals surface area contributed by atoms with Crippen LogP contribution in [0.1, 0.15) is 54.8 Å². The minimum atomic E-state index is -0.610. The van der Waals surface area contributed by atoms with Gasteiger partial charge >= 0.3 is 5.91 Å². The lowest BCUT2D eigenvalue weighted by molar-refractivity contribution is -0.384. The molecular formula is C24H25ClN4O5. The fourth-order valence-corrected chi connectivity index (χ4v) is 4.60. The van der Waals surface area contributed by atoms with Crippen LogP contribution in [-0.4, -0.2) is 36.7 Å². The molecule has 1 unspecified atom stereocenters. The number of amides is 1. The quantitative estimate of drug-likeness (QED) is 0.291. The molecule has 10 heteroatoms. The van der Waals surface area contributed by atoms with Gasteiger partial charge in [-0.25, -0.2) is 5.43 Å². The van der Waals surface area contributed by atoms with E-state index in [1.807, 2.05) is 12.1 Å². The highest BCUT2D eigenvalue weighted by Gasteiger charge is 2.34. The molecule has 34 heavy (non-hydrogen) atoms. The first kappa shape index (κ1) is 23.6. The van der Waals surface area contributed by atoms with Crippen molar-refractivity contribution in [3.63, 3.8) is 0 Å². The largest absolute Gasteiger partial charge is 0.493 e. The molecular weight excluding hydrogens is 460 g/mol. The van der Waals surface area contributed by atoms with E-state index in [0.717, 1.165) is 12.1 Å². The number of ether oxygens (including phenoxy) is 1. The molecule has 0 bridgehead atoms. The SMILES string of the molecule is COc1cc([N+](=O)[O-])cc2cc(C(=O)N/N=C\c3cc4c(cc3Cl)N(C)C(C)(C)CC4C)oc12. The number of methoxy groups -OCH3 is 1. The van der Waals surface area contributed by atoms with Crippen LogP contribution in [0.2, 0.25) is 5.02 Å². The molecule has 1 atom stereocenters. The number of anilines is 1. The van der Waals surface area contributed by atoms with Crippen molar-refractivity contribution in [1.82, 2.24) is 5.43 Å². The third-order valence-corrected chi connectivity index (χ3v) is 6.67. The Morgan fingerprint density at radius 3 is 2.76 bits per heavy atom. The summed E-state index contributed by atoms with van der Waals surface area (Å²) in [5.74, 6) is -0.161. The number of fused-ring (bicyclic) bond motifs is 2. The molecule has 0 saturated heterocycles. The van der Waals surface area contributed by atoms with E-state index in [2.05, 4.69) is 43.2 Å². The zero-order valence-corrected chi connectivity index (χ0v) is 20.3. The first-order valence-corrected chi connectivity index (χ1v) is 11.1. The Hall–Kier alpha value is -3.59. The Morgan fingerprint density at radius 1 is 1.35 bits per heavy atom. The number of furan rings is 1. The summed E-state index contributed by atoms with van der Waals surface area (Å²) in [5.41, 5.74) is 5.45. The van der Waals surface area contributed by atoms with E-state index < -0.39 is 10.8 Å². The molecule has 3 aromatic rings. The van der Waals surface area contributed by atoms with Gasteiger partial charge in [0.25, 0.3) is 5.69 Å². The molecule has 1 aliphatic rings. The van der Waals surface area contributed by atoms with Crippen LogP contribution in [0, 0.1) is 10.1 Å². The Morgan fingerprint density at radius 2 is 2.09 bits per heavy atom. The summed E-state index contributed by atoms with van der Waals surface area (Å²) in [6.45, 7) is 6.60. The molecule has 2 heterocycles. The molecule has 0 aliphatic carbocycles. The normalized spacial score (nSPS) is 17.1. The summed E-state index contributed by atoms with van der Waals surface area (Å²) in [5, 5.41) is 16.1. The molecule has 1 N–H and O–H groups in total. The van der Waals surface area contributed by atoms with Gasteiger partial charge < -0.3 is 14.1 Å². The van der Waals surface area contributed by atoms with Crippen molar-refractivity contribution in [3.8, 4) is 5.75 Å². The molecule has 9 nitrogen and oxygen atoms in total. The van der Waals surface area contributed by atoms with Gasteiger partial charge in [-0.05, 0) is 49.9 Å². The Balaban J connectivity index is 1.56. The molecule has 178 valence electrons. The third kappa shape index (κ3) is 4.19. The molecule has 2 aromatic carbocycles. The lowest BCUT2D eigenvalue weighted by atomic mass is 9.80. The molecule has 1 aromatic heterocycles. The number of rotatable bonds is 5. The first-order chi connectivity index (χ1) is 16.0. The summed E-state index contributed by atoms with van der Waals surface area (Å²) in [6.07, 6.45) is 2.49. The van der Waals surface area contributed by atoms with Crippen LogP contribution < -0.4 is 15.1 Å². The van der Waals surface area contributed by atoms with Gasteiger partial charge in [0.15, 0.2) is 17.1 Å². The van der Waals surface area contributed by atoms with E-state index >= 15 is 0 Å². The van der Waals surface area contributed by atoms with E-state index in [-0.39, 0.29) is 28.3 Å². The maximum absolute atomic E-state index is 12.6. The number of hydrogen-bond donors (Lipinski definition) is 1. The summed E-state index contributed by atoms with van der Waals surface area (Å²) in [4.78, 5) is 25.4. The summed E-state index contributed by atoms with van der Waals surface area (Å²) >= 11 is 6.51. The fourth-order valence-electron chi connectivity index (χ4n) is 4.39. The van der Waals surface area contributed by atoms with E-state index in [0.29, 0.717) is 21.9 Å². The fraction of sp³-hybridized carbons (Fsp3) is 0.333. The van der Waals surface area contributed by atoms with E-state index in [4.69, 9.17) is 20.8 Å². The maximum Gasteiger partial charge on any atom is 0.307 e. The predicted octanol–water partition coefficient (Wildman–Crippen LogP) is 5.49. The second kappa shape index (κ2) is 8.64. The van der Waals surface area contributed by atoms with Crippen LogP contribution in [0.15, 0.2) is 39.9 Å². The Kier molecular flexibility index (Phi) is 5.99. The minimum absolute atomic E-state index is 0.0228. The van der Waals surface area contributed by atoms with E-state index in [9.17, 15) is 14.9 Å². The number of nitrogens with zero attached hydrogens (tertiary/aromatic N) is 3. The number of carbonyl (C=O) groups excluding carboxylic acids is 1. The number of carbonyl (C=O) groups is 1. The summed E-state index contributed by atoms with van der Waals surface area (Å²) < 4.78 is 10.7. The second-order valence-electron chi connectivity index (χ2n) is 9.04. The van der Waals surface area contributed by atoms with Crippen LogP contribution in [0.5, 0.6) is 5.75 Å². The number of non-ortho nitro benzene ring substituents is 1. The number of nitrogens with one attached hydrogen (secondary N) is 1. The van der Waals surface area contributed by atoms with Crippen LogP contribution in [-0.2, 0) is 0 Å². The maximum atomic E-state index is 12.6. The third-order valence-electron chi connectivity index (χ3n) is 6.34. The molecule has 0 spiro atoms. The lowest BCUT2D eigenvalue weighted by Crippen LogP contribution is -2.45. The van der Waals surface area contributed by atoms with Crippen molar-refractivity contribution >= 4 is 46.1 Å². The topological polar surface area (TPSA) is 110 Å². The van der Waals surface area contributed by atoms with Crippen molar-refractivity contribution in [2.45, 2.75) is 38.6 Å². The first-order valence-electron chi connectivity index (χ1n) is 10.7. The lowest BCUT2D eigenvalue weighted by Gasteiger charge is -2.45. The van der Waals surface area contributed by atoms with Crippen LogP contribution in [0.25, 0.3) is 11.0 Å². The highest BCUT2D eigenvalue weighted by molar-refractivity contribution is 6.33. The van der Waals surface area contributed by atoms with Crippen LogP contribution >= 0.6 is 11.6 Å². The van der Waals surface area contributed by atoms with Crippen LogP contribution in [0.3, 0.4) is 0 Å². The van der Waals surface area contributed by atoms with Crippen molar-refractivity contribution < 1.29 is 18.9 Å². The molecule has 0 saturated carbocycles. The average Bonchev–Trinajstić information content (AvgIpc) is 3.21.